The molecular formula is C16H26N4O5S. The van der Waals surface area contributed by atoms with Crippen LogP contribution in [0.3, 0.4) is 0 Å². The Hall–Kier alpha value is -1.94. The molecule has 1 aromatic heterocycles. The zero-order valence-corrected chi connectivity index (χ0v) is 16.1. The van der Waals surface area contributed by atoms with Crippen molar-refractivity contribution in [3.05, 3.63) is 26.5 Å². The molecule has 0 radical (unpaired) electrons. The summed E-state index contributed by atoms with van der Waals surface area (Å²) in [5.74, 6) is -0.154. The number of amides is 1. The Labute approximate surface area is 152 Å². The van der Waals surface area contributed by atoms with Gasteiger partial charge in [0.05, 0.1) is 5.92 Å². The molecule has 1 saturated heterocycles. The molecule has 10 heteroatoms. The number of hydrogen-bond acceptors (Lipinski definition) is 5. The van der Waals surface area contributed by atoms with Crippen molar-refractivity contribution >= 4 is 15.9 Å². The van der Waals surface area contributed by atoms with Crippen LogP contribution in [0.15, 0.2) is 14.5 Å². The minimum absolute atomic E-state index is 0.0118. The highest BCUT2D eigenvalue weighted by Crippen LogP contribution is 2.23. The minimum atomic E-state index is -4.10. The summed E-state index contributed by atoms with van der Waals surface area (Å²) in [6, 6.07) is 0. The lowest BCUT2D eigenvalue weighted by atomic mass is 9.98. The first kappa shape index (κ1) is 20.4. The summed E-state index contributed by atoms with van der Waals surface area (Å²) in [6.07, 6.45) is 1.98. The average Bonchev–Trinajstić information content (AvgIpc) is 2.53. The van der Waals surface area contributed by atoms with Crippen LogP contribution in [0.2, 0.25) is 0 Å². The van der Waals surface area contributed by atoms with Crippen LogP contribution in [0, 0.1) is 18.8 Å². The van der Waals surface area contributed by atoms with Gasteiger partial charge in [-0.2, -0.15) is 4.31 Å². The van der Waals surface area contributed by atoms with E-state index in [1.54, 1.807) is 0 Å². The molecule has 0 aromatic carbocycles. The Morgan fingerprint density at radius 2 is 2.00 bits per heavy atom. The van der Waals surface area contributed by atoms with Crippen LogP contribution in [-0.4, -0.2) is 48.2 Å². The highest BCUT2D eigenvalue weighted by atomic mass is 32.2. The highest BCUT2D eigenvalue weighted by Gasteiger charge is 2.35. The number of piperidine rings is 1. The van der Waals surface area contributed by atoms with Crippen molar-refractivity contribution in [2.24, 2.45) is 11.8 Å². The number of aromatic amines is 2. The molecule has 3 N–H and O–H groups in total. The number of rotatable bonds is 6. The quantitative estimate of drug-likeness (QED) is 0.630. The predicted octanol–water partition coefficient (Wildman–Crippen LogP) is -0.0654. The van der Waals surface area contributed by atoms with E-state index in [2.05, 4.69) is 24.1 Å². The van der Waals surface area contributed by atoms with E-state index in [9.17, 15) is 22.8 Å². The Balaban J connectivity index is 2.17. The van der Waals surface area contributed by atoms with Crippen molar-refractivity contribution in [2.75, 3.05) is 19.6 Å². The fourth-order valence-electron chi connectivity index (χ4n) is 3.03. The van der Waals surface area contributed by atoms with Gasteiger partial charge >= 0.3 is 5.69 Å². The van der Waals surface area contributed by atoms with Gasteiger partial charge in [-0.05, 0) is 32.1 Å². The van der Waals surface area contributed by atoms with Crippen molar-refractivity contribution in [1.29, 1.82) is 0 Å². The van der Waals surface area contributed by atoms with Crippen molar-refractivity contribution in [2.45, 2.75) is 44.9 Å². The molecule has 0 saturated carbocycles. The van der Waals surface area contributed by atoms with Crippen LogP contribution < -0.4 is 16.6 Å². The maximum Gasteiger partial charge on any atom is 0.325 e. The second-order valence-electron chi connectivity index (χ2n) is 7.04. The number of H-pyrrole nitrogens is 2. The molecule has 0 aliphatic carbocycles. The zero-order valence-electron chi connectivity index (χ0n) is 15.3. The summed E-state index contributed by atoms with van der Waals surface area (Å²) >= 11 is 0. The molecule has 1 aliphatic heterocycles. The molecule has 2 rings (SSSR count). The van der Waals surface area contributed by atoms with E-state index >= 15 is 0 Å². The van der Waals surface area contributed by atoms with Gasteiger partial charge in [0.25, 0.3) is 5.56 Å². The van der Waals surface area contributed by atoms with Crippen LogP contribution >= 0.6 is 0 Å². The Kier molecular flexibility index (Phi) is 6.40. The van der Waals surface area contributed by atoms with E-state index in [0.29, 0.717) is 25.3 Å². The van der Waals surface area contributed by atoms with Crippen molar-refractivity contribution in [3.8, 4) is 0 Å². The summed E-state index contributed by atoms with van der Waals surface area (Å²) < 4.78 is 26.9. The lowest BCUT2D eigenvalue weighted by Crippen LogP contribution is -2.47. The Bertz CT molecular complexity index is 871. The van der Waals surface area contributed by atoms with Gasteiger partial charge in [-0.1, -0.05) is 13.8 Å². The lowest BCUT2D eigenvalue weighted by molar-refractivity contribution is -0.126. The topological polar surface area (TPSA) is 132 Å². The molecule has 1 aliphatic rings. The second kappa shape index (κ2) is 8.17. The standard InChI is InChI=1S/C16H26N4O5S/c1-10(2)6-7-17-14(21)12-5-4-8-20(9-12)26(24,25)13-11(3)18-16(23)19-15(13)22/h10,12H,4-9H2,1-3H3,(H,17,21)(H2,18,19,22,23)/t12-/m1/s1. The summed E-state index contributed by atoms with van der Waals surface area (Å²) in [5.41, 5.74) is -1.72. The largest absolute Gasteiger partial charge is 0.356 e. The number of carbonyl (C=O) groups is 1. The molecule has 0 unspecified atom stereocenters. The smallest absolute Gasteiger partial charge is 0.325 e. The molecule has 1 atom stereocenters. The van der Waals surface area contributed by atoms with Gasteiger partial charge in [0.15, 0.2) is 4.90 Å². The van der Waals surface area contributed by atoms with Crippen LogP contribution in [-0.2, 0) is 14.8 Å². The number of nitrogens with one attached hydrogen (secondary N) is 3. The molecule has 2 heterocycles. The maximum absolute atomic E-state index is 12.9. The van der Waals surface area contributed by atoms with E-state index in [1.807, 2.05) is 4.98 Å². The van der Waals surface area contributed by atoms with Gasteiger partial charge in [-0.3, -0.25) is 14.6 Å². The fraction of sp³-hybridized carbons (Fsp3) is 0.688. The Morgan fingerprint density at radius 3 is 2.62 bits per heavy atom. The summed E-state index contributed by atoms with van der Waals surface area (Å²) in [5, 5.41) is 2.85. The SMILES string of the molecule is Cc1[nH]c(=O)[nH]c(=O)c1S(=O)(=O)N1CCC[C@@H](C(=O)NCCC(C)C)C1. The van der Waals surface area contributed by atoms with Crippen LogP contribution in [0.5, 0.6) is 0 Å². The third-order valence-electron chi connectivity index (χ3n) is 4.45. The minimum Gasteiger partial charge on any atom is -0.356 e. The third kappa shape index (κ3) is 4.61. The van der Waals surface area contributed by atoms with E-state index in [-0.39, 0.29) is 24.7 Å². The molecular weight excluding hydrogens is 360 g/mol. The van der Waals surface area contributed by atoms with Gasteiger partial charge in [-0.25, -0.2) is 13.2 Å². The van der Waals surface area contributed by atoms with Crippen molar-refractivity contribution in [3.63, 3.8) is 0 Å². The van der Waals surface area contributed by atoms with E-state index in [4.69, 9.17) is 0 Å². The van der Waals surface area contributed by atoms with Crippen LogP contribution in [0.1, 0.15) is 38.8 Å². The first-order valence-corrected chi connectivity index (χ1v) is 10.2. The van der Waals surface area contributed by atoms with Gasteiger partial charge < -0.3 is 10.3 Å². The lowest BCUT2D eigenvalue weighted by Gasteiger charge is -2.31. The normalized spacial score (nSPS) is 18.8. The molecule has 9 nitrogen and oxygen atoms in total. The van der Waals surface area contributed by atoms with Gasteiger partial charge in [-0.15, -0.1) is 0 Å². The molecule has 146 valence electrons. The van der Waals surface area contributed by atoms with Crippen molar-refractivity contribution in [1.82, 2.24) is 19.6 Å². The summed E-state index contributed by atoms with van der Waals surface area (Å²) in [6.45, 7) is 6.29. The zero-order chi connectivity index (χ0) is 19.5. The van der Waals surface area contributed by atoms with Gasteiger partial charge in [0.1, 0.15) is 0 Å². The number of sulfonamides is 1. The van der Waals surface area contributed by atoms with E-state index < -0.39 is 32.1 Å². The third-order valence-corrected chi connectivity index (χ3v) is 6.47. The molecule has 26 heavy (non-hydrogen) atoms. The number of hydrogen-bond donors (Lipinski definition) is 3. The van der Waals surface area contributed by atoms with Crippen molar-refractivity contribution < 1.29 is 13.2 Å². The van der Waals surface area contributed by atoms with Gasteiger partial charge in [0.2, 0.25) is 15.9 Å². The predicted molar refractivity (Wildman–Crippen MR) is 96.4 cm³/mol. The molecule has 0 spiro atoms. The number of nitrogens with zero attached hydrogens (tertiary/aromatic N) is 1. The number of aromatic nitrogens is 2. The molecule has 1 aromatic rings. The molecule has 0 bridgehead atoms. The summed E-state index contributed by atoms with van der Waals surface area (Å²) in [4.78, 5) is 39.4. The fourth-order valence-corrected chi connectivity index (χ4v) is 4.76. The highest BCUT2D eigenvalue weighted by molar-refractivity contribution is 7.89. The maximum atomic E-state index is 12.9. The van der Waals surface area contributed by atoms with Crippen LogP contribution in [0.25, 0.3) is 0 Å². The van der Waals surface area contributed by atoms with Gasteiger partial charge in [0, 0.05) is 25.3 Å². The molecule has 1 fully saturated rings. The summed E-state index contributed by atoms with van der Waals surface area (Å²) in [7, 11) is -4.10. The number of aryl methyl sites for hydroxylation is 1. The second-order valence-corrected chi connectivity index (χ2v) is 8.91. The molecule has 1 amide bonds. The first-order valence-electron chi connectivity index (χ1n) is 8.74. The average molecular weight is 386 g/mol. The van der Waals surface area contributed by atoms with Crippen LogP contribution in [0.4, 0.5) is 0 Å². The number of carbonyl (C=O) groups excluding carboxylic acids is 1. The first-order chi connectivity index (χ1) is 12.1. The van der Waals surface area contributed by atoms with E-state index in [0.717, 1.165) is 10.7 Å². The Morgan fingerprint density at radius 1 is 1.31 bits per heavy atom. The monoisotopic (exact) mass is 386 g/mol. The van der Waals surface area contributed by atoms with E-state index in [1.165, 1.54) is 6.92 Å².